The van der Waals surface area contributed by atoms with Gasteiger partial charge in [-0.15, -0.1) is 0 Å². The lowest BCUT2D eigenvalue weighted by molar-refractivity contribution is 0.191. The third kappa shape index (κ3) is 4.06. The summed E-state index contributed by atoms with van der Waals surface area (Å²) in [5, 5.41) is 13.8. The van der Waals surface area contributed by atoms with E-state index in [1.54, 1.807) is 18.2 Å². The van der Waals surface area contributed by atoms with Crippen LogP contribution in [0.25, 0.3) is 0 Å². The standard InChI is InChI=1S/C14H12ClFINO/c15-10-4-5-13(12(17)7-10)18-8-14(19)9-2-1-3-11(16)6-9/h1-7,14,18-19H,8H2. The molecule has 0 spiro atoms. The van der Waals surface area contributed by atoms with E-state index in [2.05, 4.69) is 27.9 Å². The number of hydrogen-bond acceptors (Lipinski definition) is 2. The molecule has 0 saturated heterocycles. The molecule has 2 N–H and O–H groups in total. The van der Waals surface area contributed by atoms with Gasteiger partial charge in [-0.1, -0.05) is 23.7 Å². The van der Waals surface area contributed by atoms with Crippen molar-refractivity contribution in [2.45, 2.75) is 6.10 Å². The van der Waals surface area contributed by atoms with Crippen molar-refractivity contribution in [2.24, 2.45) is 0 Å². The zero-order chi connectivity index (χ0) is 13.8. The number of rotatable bonds is 4. The van der Waals surface area contributed by atoms with Crippen molar-refractivity contribution in [3.8, 4) is 0 Å². The van der Waals surface area contributed by atoms with Gasteiger partial charge in [-0.3, -0.25) is 0 Å². The summed E-state index contributed by atoms with van der Waals surface area (Å²) in [7, 11) is 0. The minimum absolute atomic E-state index is 0.307. The van der Waals surface area contributed by atoms with Crippen LogP contribution in [0.2, 0.25) is 5.02 Å². The predicted octanol–water partition coefficient (Wildman–Crippen LogP) is 4.23. The number of hydrogen-bond donors (Lipinski definition) is 2. The first-order valence-corrected chi connectivity index (χ1v) is 7.14. The fourth-order valence-corrected chi connectivity index (χ4v) is 2.73. The Labute approximate surface area is 129 Å². The minimum Gasteiger partial charge on any atom is -0.387 e. The predicted molar refractivity (Wildman–Crippen MR) is 84.0 cm³/mol. The zero-order valence-corrected chi connectivity index (χ0v) is 12.8. The van der Waals surface area contributed by atoms with Crippen LogP contribution in [0.3, 0.4) is 0 Å². The Morgan fingerprint density at radius 1 is 1.26 bits per heavy atom. The van der Waals surface area contributed by atoms with Gasteiger partial charge in [0.1, 0.15) is 5.82 Å². The first-order chi connectivity index (χ1) is 9.06. The molecule has 2 nitrogen and oxygen atoms in total. The van der Waals surface area contributed by atoms with Crippen LogP contribution in [0.5, 0.6) is 0 Å². The van der Waals surface area contributed by atoms with Gasteiger partial charge in [-0.2, -0.15) is 0 Å². The average molecular weight is 392 g/mol. The zero-order valence-electron chi connectivity index (χ0n) is 9.91. The SMILES string of the molecule is OC(CNc1ccc(Cl)cc1I)c1cccc(F)c1. The Hall–Kier alpha value is -0.850. The number of halogens is 3. The molecule has 1 unspecified atom stereocenters. The van der Waals surface area contributed by atoms with E-state index in [1.165, 1.54) is 12.1 Å². The van der Waals surface area contributed by atoms with E-state index in [1.807, 2.05) is 12.1 Å². The van der Waals surface area contributed by atoms with Crippen LogP contribution >= 0.6 is 34.2 Å². The maximum absolute atomic E-state index is 13.1. The van der Waals surface area contributed by atoms with E-state index < -0.39 is 6.10 Å². The normalized spacial score (nSPS) is 12.2. The van der Waals surface area contributed by atoms with Gasteiger partial charge in [0.25, 0.3) is 0 Å². The van der Waals surface area contributed by atoms with Crippen LogP contribution in [-0.4, -0.2) is 11.7 Å². The lowest BCUT2D eigenvalue weighted by atomic mass is 10.1. The molecule has 0 radical (unpaired) electrons. The molecule has 1 atom stereocenters. The maximum atomic E-state index is 13.1. The Kier molecular flexibility index (Phi) is 5.01. The molecule has 0 aromatic heterocycles. The molecule has 0 aliphatic rings. The molecule has 0 aliphatic heterocycles. The Balaban J connectivity index is 2.02. The third-order valence-corrected chi connectivity index (χ3v) is 3.78. The van der Waals surface area contributed by atoms with E-state index in [0.29, 0.717) is 17.1 Å². The molecule has 2 aromatic carbocycles. The van der Waals surface area contributed by atoms with Crippen molar-refractivity contribution in [3.63, 3.8) is 0 Å². The van der Waals surface area contributed by atoms with Gasteiger partial charge in [0.05, 0.1) is 6.10 Å². The van der Waals surface area contributed by atoms with Crippen molar-refractivity contribution in [1.29, 1.82) is 0 Å². The summed E-state index contributed by atoms with van der Waals surface area (Å²) < 4.78 is 14.0. The van der Waals surface area contributed by atoms with E-state index in [9.17, 15) is 9.50 Å². The monoisotopic (exact) mass is 391 g/mol. The fourth-order valence-electron chi connectivity index (χ4n) is 1.67. The summed E-state index contributed by atoms with van der Waals surface area (Å²) in [4.78, 5) is 0. The first-order valence-electron chi connectivity index (χ1n) is 5.69. The number of aliphatic hydroxyl groups excluding tert-OH is 1. The quantitative estimate of drug-likeness (QED) is 0.765. The van der Waals surface area contributed by atoms with Crippen LogP contribution in [0.15, 0.2) is 42.5 Å². The molecule has 100 valence electrons. The summed E-state index contributed by atoms with van der Waals surface area (Å²) >= 11 is 8.03. The summed E-state index contributed by atoms with van der Waals surface area (Å²) in [6.45, 7) is 0.307. The van der Waals surface area contributed by atoms with E-state index >= 15 is 0 Å². The molecular formula is C14H12ClFINO. The van der Waals surface area contributed by atoms with Crippen LogP contribution in [0, 0.1) is 9.39 Å². The van der Waals surface area contributed by atoms with Gasteiger partial charge >= 0.3 is 0 Å². The lowest BCUT2D eigenvalue weighted by Crippen LogP contribution is -2.13. The largest absolute Gasteiger partial charge is 0.387 e. The molecular weight excluding hydrogens is 380 g/mol. The first kappa shape index (κ1) is 14.6. The fraction of sp³-hybridized carbons (Fsp3) is 0.143. The smallest absolute Gasteiger partial charge is 0.123 e. The maximum Gasteiger partial charge on any atom is 0.123 e. The van der Waals surface area contributed by atoms with E-state index in [-0.39, 0.29) is 5.82 Å². The number of aliphatic hydroxyl groups is 1. The van der Waals surface area contributed by atoms with Crippen molar-refractivity contribution >= 4 is 39.9 Å². The highest BCUT2D eigenvalue weighted by Crippen LogP contribution is 2.23. The molecule has 0 bridgehead atoms. The highest BCUT2D eigenvalue weighted by molar-refractivity contribution is 14.1. The van der Waals surface area contributed by atoms with Gasteiger partial charge in [-0.05, 0) is 58.5 Å². The molecule has 2 rings (SSSR count). The van der Waals surface area contributed by atoms with Gasteiger partial charge in [0.2, 0.25) is 0 Å². The van der Waals surface area contributed by atoms with Crippen LogP contribution in [0.1, 0.15) is 11.7 Å². The molecule has 0 fully saturated rings. The molecule has 2 aromatic rings. The Morgan fingerprint density at radius 3 is 2.74 bits per heavy atom. The van der Waals surface area contributed by atoms with Crippen LogP contribution < -0.4 is 5.32 Å². The second-order valence-corrected chi connectivity index (χ2v) is 5.67. The highest BCUT2D eigenvalue weighted by atomic mass is 127. The number of benzene rings is 2. The summed E-state index contributed by atoms with van der Waals surface area (Å²) in [5.41, 5.74) is 1.44. The van der Waals surface area contributed by atoms with E-state index in [4.69, 9.17) is 11.6 Å². The second kappa shape index (κ2) is 6.54. The van der Waals surface area contributed by atoms with Gasteiger partial charge < -0.3 is 10.4 Å². The van der Waals surface area contributed by atoms with Crippen LogP contribution in [0.4, 0.5) is 10.1 Å². The van der Waals surface area contributed by atoms with Gasteiger partial charge in [0.15, 0.2) is 0 Å². The molecule has 0 amide bonds. The number of anilines is 1. The third-order valence-electron chi connectivity index (χ3n) is 2.65. The van der Waals surface area contributed by atoms with Crippen LogP contribution in [-0.2, 0) is 0 Å². The lowest BCUT2D eigenvalue weighted by Gasteiger charge is -2.14. The molecule has 19 heavy (non-hydrogen) atoms. The van der Waals surface area contributed by atoms with Gasteiger partial charge in [0, 0.05) is 20.8 Å². The summed E-state index contributed by atoms with van der Waals surface area (Å²) in [5.74, 6) is -0.349. The van der Waals surface area contributed by atoms with Crippen molar-refractivity contribution < 1.29 is 9.50 Å². The van der Waals surface area contributed by atoms with Gasteiger partial charge in [-0.25, -0.2) is 4.39 Å². The van der Waals surface area contributed by atoms with Crippen molar-refractivity contribution in [1.82, 2.24) is 0 Å². The van der Waals surface area contributed by atoms with Crippen molar-refractivity contribution in [2.75, 3.05) is 11.9 Å². The summed E-state index contributed by atoms with van der Waals surface area (Å²) in [6.07, 6.45) is -0.762. The summed E-state index contributed by atoms with van der Waals surface area (Å²) in [6, 6.07) is 11.4. The number of nitrogens with one attached hydrogen (secondary N) is 1. The molecule has 0 heterocycles. The molecule has 0 saturated carbocycles. The minimum atomic E-state index is -0.762. The average Bonchev–Trinajstić information content (AvgIpc) is 2.37. The Bertz CT molecular complexity index is 579. The topological polar surface area (TPSA) is 32.3 Å². The van der Waals surface area contributed by atoms with Crippen molar-refractivity contribution in [3.05, 3.63) is 62.4 Å². The van der Waals surface area contributed by atoms with E-state index in [0.717, 1.165) is 9.26 Å². The highest BCUT2D eigenvalue weighted by Gasteiger charge is 2.09. The second-order valence-electron chi connectivity index (χ2n) is 4.08. The molecule has 5 heteroatoms. The molecule has 0 aliphatic carbocycles. The Morgan fingerprint density at radius 2 is 2.05 bits per heavy atom.